The van der Waals surface area contributed by atoms with Crippen molar-refractivity contribution in [1.29, 1.82) is 0 Å². The Morgan fingerprint density at radius 1 is 0.271 bits per heavy atom. The van der Waals surface area contributed by atoms with Gasteiger partial charge in [-0.1, -0.05) is 176 Å². The zero-order valence-corrected chi connectivity index (χ0v) is 31.9. The fourth-order valence-electron chi connectivity index (χ4n) is 9.20. The summed E-state index contributed by atoms with van der Waals surface area (Å²) in [5.41, 5.74) is 10.7. The Hall–Kier alpha value is -7.88. The number of rotatable bonds is 5. The van der Waals surface area contributed by atoms with E-state index < -0.39 is 0 Å². The van der Waals surface area contributed by atoms with E-state index >= 15 is 0 Å². The number of fused-ring (bicyclic) bond motifs is 9. The van der Waals surface area contributed by atoms with Crippen LogP contribution in [-0.4, -0.2) is 9.97 Å². The van der Waals surface area contributed by atoms with Crippen molar-refractivity contribution in [3.63, 3.8) is 0 Å². The van der Waals surface area contributed by atoms with Gasteiger partial charge in [-0.05, 0) is 95.7 Å². The van der Waals surface area contributed by atoms with Crippen LogP contribution in [0.2, 0.25) is 0 Å². The number of nitrogens with zero attached hydrogens (tertiary/aromatic N) is 2. The summed E-state index contributed by atoms with van der Waals surface area (Å²) < 4.78 is 6.63. The Balaban J connectivity index is 1.15. The zero-order chi connectivity index (χ0) is 38.9. The van der Waals surface area contributed by atoms with Gasteiger partial charge < -0.3 is 4.42 Å². The van der Waals surface area contributed by atoms with Gasteiger partial charge in [0.1, 0.15) is 11.2 Å². The third kappa shape index (κ3) is 5.36. The lowest BCUT2D eigenvalue weighted by molar-refractivity contribution is 0.670. The Morgan fingerprint density at radius 2 is 0.695 bits per heavy atom. The molecule has 0 N–H and O–H groups in total. The van der Waals surface area contributed by atoms with Crippen LogP contribution in [0.25, 0.3) is 121 Å². The van der Waals surface area contributed by atoms with Gasteiger partial charge in [0.25, 0.3) is 0 Å². The van der Waals surface area contributed by atoms with Gasteiger partial charge in [-0.25, -0.2) is 9.97 Å². The van der Waals surface area contributed by atoms with E-state index in [9.17, 15) is 0 Å². The van der Waals surface area contributed by atoms with Gasteiger partial charge in [0.15, 0.2) is 5.82 Å². The Morgan fingerprint density at radius 3 is 1.32 bits per heavy atom. The second-order valence-corrected chi connectivity index (χ2v) is 15.2. The molecular weight excluding hydrogens is 717 g/mol. The van der Waals surface area contributed by atoms with Gasteiger partial charge in [-0.2, -0.15) is 0 Å². The maximum absolute atomic E-state index is 6.63. The van der Waals surface area contributed by atoms with Crippen molar-refractivity contribution in [3.8, 4) is 56.2 Å². The van der Waals surface area contributed by atoms with Gasteiger partial charge in [0.2, 0.25) is 0 Å². The van der Waals surface area contributed by atoms with Crippen molar-refractivity contribution in [2.75, 3.05) is 0 Å². The van der Waals surface area contributed by atoms with Gasteiger partial charge in [0.05, 0.1) is 11.4 Å². The summed E-state index contributed by atoms with van der Waals surface area (Å²) >= 11 is 0. The van der Waals surface area contributed by atoms with Crippen LogP contribution in [0.3, 0.4) is 0 Å². The molecule has 0 amide bonds. The summed E-state index contributed by atoms with van der Waals surface area (Å²) in [5, 5.41) is 11.9. The van der Waals surface area contributed by atoms with Crippen LogP contribution in [0, 0.1) is 0 Å². The minimum atomic E-state index is 0.650. The molecule has 0 aliphatic carbocycles. The first-order valence-electron chi connectivity index (χ1n) is 20.1. The van der Waals surface area contributed by atoms with Gasteiger partial charge in [-0.3, -0.25) is 0 Å². The molecule has 0 radical (unpaired) electrons. The summed E-state index contributed by atoms with van der Waals surface area (Å²) in [4.78, 5) is 11.0. The molecule has 3 nitrogen and oxygen atoms in total. The van der Waals surface area contributed by atoms with E-state index in [0.29, 0.717) is 5.82 Å². The standard InChI is InChI=1S/C56H34N2O/c1-3-18-37-35(16-1)32-50(41-22-7-5-20-39(37)41)43-24-9-11-26-45(43)52-34-53(49-30-15-29-47-46-27-13-14-31-54(46)59-55(47)49)58-56(57-52)48-28-12-10-25-44(48)51-33-36-17-2-4-19-38(36)40-21-6-8-23-42(40)51/h1-34H. The minimum absolute atomic E-state index is 0.650. The van der Waals surface area contributed by atoms with E-state index in [2.05, 4.69) is 194 Å². The third-order valence-corrected chi connectivity index (χ3v) is 11.9. The highest BCUT2D eigenvalue weighted by molar-refractivity contribution is 6.16. The molecule has 12 aromatic rings. The zero-order valence-electron chi connectivity index (χ0n) is 31.9. The second kappa shape index (κ2) is 13.4. The van der Waals surface area contributed by atoms with Gasteiger partial charge >= 0.3 is 0 Å². The van der Waals surface area contributed by atoms with Crippen molar-refractivity contribution >= 4 is 65.0 Å². The molecule has 0 unspecified atom stereocenters. The molecule has 0 bridgehead atoms. The fraction of sp³-hybridized carbons (Fsp3) is 0. The fourth-order valence-corrected chi connectivity index (χ4v) is 9.20. The van der Waals surface area contributed by atoms with E-state index in [4.69, 9.17) is 14.4 Å². The normalized spacial score (nSPS) is 11.7. The average Bonchev–Trinajstić information content (AvgIpc) is 3.70. The molecule has 0 saturated heterocycles. The molecule has 10 aromatic carbocycles. The van der Waals surface area contributed by atoms with E-state index in [1.165, 1.54) is 48.7 Å². The Labute approximate surface area is 340 Å². The smallest absolute Gasteiger partial charge is 0.161 e. The average molecular weight is 751 g/mol. The highest BCUT2D eigenvalue weighted by Gasteiger charge is 2.21. The molecule has 0 fully saturated rings. The molecule has 3 heteroatoms. The molecular formula is C56H34N2O. The lowest BCUT2D eigenvalue weighted by Gasteiger charge is -2.17. The summed E-state index contributed by atoms with van der Waals surface area (Å²) in [6.45, 7) is 0. The monoisotopic (exact) mass is 750 g/mol. The maximum atomic E-state index is 6.63. The summed E-state index contributed by atoms with van der Waals surface area (Å²) in [6, 6.07) is 73.3. The molecule has 274 valence electrons. The molecule has 59 heavy (non-hydrogen) atoms. The van der Waals surface area contributed by atoms with E-state index in [1.54, 1.807) is 0 Å². The highest BCUT2D eigenvalue weighted by Crippen LogP contribution is 2.44. The Bertz CT molecular complexity index is 3450. The van der Waals surface area contributed by atoms with Crippen molar-refractivity contribution < 1.29 is 4.42 Å². The third-order valence-electron chi connectivity index (χ3n) is 11.9. The van der Waals surface area contributed by atoms with Gasteiger partial charge in [0, 0.05) is 27.5 Å². The topological polar surface area (TPSA) is 38.9 Å². The molecule has 0 spiro atoms. The van der Waals surface area contributed by atoms with E-state index in [0.717, 1.165) is 66.7 Å². The van der Waals surface area contributed by atoms with E-state index in [-0.39, 0.29) is 0 Å². The van der Waals surface area contributed by atoms with Crippen molar-refractivity contribution in [3.05, 3.63) is 206 Å². The predicted octanol–water partition coefficient (Wildman–Crippen LogP) is 15.3. The molecule has 2 heterocycles. The molecule has 12 rings (SSSR count). The quantitative estimate of drug-likeness (QED) is 0.164. The number of benzene rings is 10. The summed E-state index contributed by atoms with van der Waals surface area (Å²) in [6.07, 6.45) is 0. The summed E-state index contributed by atoms with van der Waals surface area (Å²) in [5.74, 6) is 0.650. The first-order chi connectivity index (χ1) is 29.3. The molecule has 0 atom stereocenters. The largest absolute Gasteiger partial charge is 0.455 e. The van der Waals surface area contributed by atoms with Crippen LogP contribution in [0.15, 0.2) is 211 Å². The number of furan rings is 1. The number of para-hydroxylation sites is 2. The second-order valence-electron chi connectivity index (χ2n) is 15.2. The highest BCUT2D eigenvalue weighted by atomic mass is 16.3. The number of aromatic nitrogens is 2. The van der Waals surface area contributed by atoms with Crippen LogP contribution in [0.1, 0.15) is 0 Å². The predicted molar refractivity (Wildman–Crippen MR) is 247 cm³/mol. The lowest BCUT2D eigenvalue weighted by atomic mass is 9.89. The van der Waals surface area contributed by atoms with Crippen LogP contribution >= 0.6 is 0 Å². The number of hydrogen-bond acceptors (Lipinski definition) is 3. The molecule has 0 aliphatic heterocycles. The molecule has 0 aliphatic rings. The first kappa shape index (κ1) is 33.3. The first-order valence-corrected chi connectivity index (χ1v) is 20.1. The van der Waals surface area contributed by atoms with Crippen molar-refractivity contribution in [2.45, 2.75) is 0 Å². The van der Waals surface area contributed by atoms with Crippen LogP contribution in [0.4, 0.5) is 0 Å². The van der Waals surface area contributed by atoms with Crippen LogP contribution in [0.5, 0.6) is 0 Å². The molecule has 2 aromatic heterocycles. The maximum Gasteiger partial charge on any atom is 0.161 e. The molecule has 0 saturated carbocycles. The lowest BCUT2D eigenvalue weighted by Crippen LogP contribution is -1.99. The van der Waals surface area contributed by atoms with Crippen molar-refractivity contribution in [2.24, 2.45) is 0 Å². The Kier molecular flexibility index (Phi) is 7.54. The summed E-state index contributed by atoms with van der Waals surface area (Å²) in [7, 11) is 0. The van der Waals surface area contributed by atoms with Crippen LogP contribution in [-0.2, 0) is 0 Å². The van der Waals surface area contributed by atoms with Crippen LogP contribution < -0.4 is 0 Å². The minimum Gasteiger partial charge on any atom is -0.455 e. The van der Waals surface area contributed by atoms with Crippen molar-refractivity contribution in [1.82, 2.24) is 9.97 Å². The SMILES string of the molecule is c1ccc(-c2cc3ccccc3c3ccccc23)c(-c2cc(-c3cccc4c3oc3ccccc34)nc(-c3ccccc3-c3cc4ccccc4c4ccccc34)n2)c1. The number of hydrogen-bond donors (Lipinski definition) is 0. The van der Waals surface area contributed by atoms with Gasteiger partial charge in [-0.15, -0.1) is 0 Å². The van der Waals surface area contributed by atoms with E-state index in [1.807, 2.05) is 12.1 Å².